The number of rotatable bonds is 7. The molecule has 1 atom stereocenters. The molecule has 2 heteroatoms. The van der Waals surface area contributed by atoms with Gasteiger partial charge in [-0.25, -0.2) is 0 Å². The molecule has 0 aliphatic rings. The molecule has 0 bridgehead atoms. The fourth-order valence-electron chi connectivity index (χ4n) is 2.49. The van der Waals surface area contributed by atoms with Gasteiger partial charge in [-0.1, -0.05) is 56.2 Å². The van der Waals surface area contributed by atoms with Gasteiger partial charge < -0.3 is 10.2 Å². The maximum absolute atomic E-state index is 3.70. The molecule has 0 heterocycles. The normalized spacial score (nSPS) is 12.0. The lowest BCUT2D eigenvalue weighted by Crippen LogP contribution is -2.12. The Bertz CT molecular complexity index is 534. The summed E-state index contributed by atoms with van der Waals surface area (Å²) in [5, 5.41) is 3.70. The first-order valence-electron chi connectivity index (χ1n) is 7.79. The van der Waals surface area contributed by atoms with E-state index in [9.17, 15) is 0 Å². The molecule has 0 fully saturated rings. The molecular weight excluding hydrogens is 256 g/mol. The van der Waals surface area contributed by atoms with Gasteiger partial charge in [0.05, 0.1) is 6.04 Å². The molecule has 0 radical (unpaired) electrons. The van der Waals surface area contributed by atoms with Gasteiger partial charge in [0.1, 0.15) is 0 Å². The standard InChI is InChI=1S/C19H26N2/c1-4-5-14-19(16-10-7-6-8-11-16)20-17-12-9-13-18(15-17)21(2)3/h6-13,15,19-20H,4-5,14H2,1-3H3. The molecule has 0 saturated heterocycles. The van der Waals surface area contributed by atoms with Gasteiger partial charge in [-0.15, -0.1) is 0 Å². The smallest absolute Gasteiger partial charge is 0.0513 e. The number of hydrogen-bond donors (Lipinski definition) is 1. The quantitative estimate of drug-likeness (QED) is 0.760. The average molecular weight is 282 g/mol. The molecule has 2 rings (SSSR count). The highest BCUT2D eigenvalue weighted by molar-refractivity contribution is 5.58. The molecule has 0 amide bonds. The van der Waals surface area contributed by atoms with Gasteiger partial charge in [0.15, 0.2) is 0 Å². The third-order valence-electron chi connectivity index (χ3n) is 3.75. The Kier molecular flexibility index (Phi) is 5.68. The van der Waals surface area contributed by atoms with E-state index in [2.05, 4.69) is 85.8 Å². The van der Waals surface area contributed by atoms with E-state index in [-0.39, 0.29) is 0 Å². The molecule has 2 aromatic carbocycles. The van der Waals surface area contributed by atoms with Crippen LogP contribution in [0, 0.1) is 0 Å². The summed E-state index contributed by atoms with van der Waals surface area (Å²) in [5.41, 5.74) is 3.77. The zero-order valence-corrected chi connectivity index (χ0v) is 13.3. The van der Waals surface area contributed by atoms with Crippen LogP contribution in [-0.4, -0.2) is 14.1 Å². The number of nitrogens with one attached hydrogen (secondary N) is 1. The Morgan fingerprint density at radius 2 is 1.76 bits per heavy atom. The predicted octanol–water partition coefficient (Wildman–Crippen LogP) is 5.10. The minimum Gasteiger partial charge on any atom is -0.378 e. The number of benzene rings is 2. The summed E-state index contributed by atoms with van der Waals surface area (Å²) < 4.78 is 0. The van der Waals surface area contributed by atoms with Crippen molar-refractivity contribution < 1.29 is 0 Å². The lowest BCUT2D eigenvalue weighted by Gasteiger charge is -2.22. The Labute approximate surface area is 128 Å². The number of unbranched alkanes of at least 4 members (excludes halogenated alkanes) is 1. The Balaban J connectivity index is 2.16. The lowest BCUT2D eigenvalue weighted by molar-refractivity contribution is 0.634. The van der Waals surface area contributed by atoms with Gasteiger partial charge in [0.2, 0.25) is 0 Å². The Morgan fingerprint density at radius 1 is 1.00 bits per heavy atom. The summed E-state index contributed by atoms with van der Waals surface area (Å²) in [6.45, 7) is 2.24. The van der Waals surface area contributed by atoms with Crippen molar-refractivity contribution >= 4 is 11.4 Å². The molecule has 0 aliphatic carbocycles. The van der Waals surface area contributed by atoms with Gasteiger partial charge in [-0.05, 0) is 30.2 Å². The maximum atomic E-state index is 3.70. The zero-order chi connectivity index (χ0) is 15.1. The van der Waals surface area contributed by atoms with E-state index in [0.29, 0.717) is 6.04 Å². The minimum absolute atomic E-state index is 0.378. The van der Waals surface area contributed by atoms with Crippen LogP contribution in [0.5, 0.6) is 0 Å². The van der Waals surface area contributed by atoms with E-state index in [1.165, 1.54) is 29.8 Å². The first kappa shape index (κ1) is 15.4. The van der Waals surface area contributed by atoms with Crippen molar-refractivity contribution in [3.63, 3.8) is 0 Å². The predicted molar refractivity (Wildman–Crippen MR) is 93.1 cm³/mol. The zero-order valence-electron chi connectivity index (χ0n) is 13.3. The summed E-state index contributed by atoms with van der Waals surface area (Å²) in [6.07, 6.45) is 3.62. The third kappa shape index (κ3) is 4.52. The number of nitrogens with zero attached hydrogens (tertiary/aromatic N) is 1. The average Bonchev–Trinajstić information content (AvgIpc) is 2.52. The number of anilines is 2. The van der Waals surface area contributed by atoms with Gasteiger partial charge in [0.25, 0.3) is 0 Å². The first-order valence-corrected chi connectivity index (χ1v) is 7.79. The molecule has 0 aliphatic heterocycles. The summed E-state index contributed by atoms with van der Waals surface area (Å²) in [4.78, 5) is 2.13. The summed E-state index contributed by atoms with van der Waals surface area (Å²) in [6, 6.07) is 19.7. The van der Waals surface area contributed by atoms with Crippen molar-refractivity contribution in [3.8, 4) is 0 Å². The molecule has 1 unspecified atom stereocenters. The minimum atomic E-state index is 0.378. The van der Waals surface area contributed by atoms with Crippen LogP contribution < -0.4 is 10.2 Å². The van der Waals surface area contributed by atoms with Crippen LogP contribution in [0.2, 0.25) is 0 Å². The fraction of sp³-hybridized carbons (Fsp3) is 0.368. The van der Waals surface area contributed by atoms with Gasteiger partial charge in [-0.3, -0.25) is 0 Å². The van der Waals surface area contributed by atoms with Crippen LogP contribution >= 0.6 is 0 Å². The maximum Gasteiger partial charge on any atom is 0.0513 e. The fourth-order valence-corrected chi connectivity index (χ4v) is 2.49. The summed E-state index contributed by atoms with van der Waals surface area (Å²) in [5.74, 6) is 0. The molecule has 112 valence electrons. The second kappa shape index (κ2) is 7.72. The van der Waals surface area contributed by atoms with Crippen molar-refractivity contribution in [2.75, 3.05) is 24.3 Å². The Hall–Kier alpha value is -1.96. The van der Waals surface area contributed by atoms with Crippen LogP contribution in [0.25, 0.3) is 0 Å². The van der Waals surface area contributed by atoms with E-state index >= 15 is 0 Å². The lowest BCUT2D eigenvalue weighted by atomic mass is 10.0. The van der Waals surface area contributed by atoms with E-state index in [1.54, 1.807) is 0 Å². The highest BCUT2D eigenvalue weighted by atomic mass is 15.1. The SMILES string of the molecule is CCCCC(Nc1cccc(N(C)C)c1)c1ccccc1. The molecule has 1 N–H and O–H groups in total. The second-order valence-electron chi connectivity index (χ2n) is 5.69. The van der Waals surface area contributed by atoms with E-state index in [0.717, 1.165) is 6.42 Å². The monoisotopic (exact) mass is 282 g/mol. The first-order chi connectivity index (χ1) is 10.2. The summed E-state index contributed by atoms with van der Waals surface area (Å²) >= 11 is 0. The van der Waals surface area contributed by atoms with E-state index < -0.39 is 0 Å². The molecular formula is C19H26N2. The van der Waals surface area contributed by atoms with Crippen LogP contribution in [0.3, 0.4) is 0 Å². The Morgan fingerprint density at radius 3 is 2.43 bits per heavy atom. The molecule has 21 heavy (non-hydrogen) atoms. The highest BCUT2D eigenvalue weighted by Crippen LogP contribution is 2.26. The number of hydrogen-bond acceptors (Lipinski definition) is 2. The third-order valence-corrected chi connectivity index (χ3v) is 3.75. The topological polar surface area (TPSA) is 15.3 Å². The van der Waals surface area contributed by atoms with Crippen molar-refractivity contribution in [1.29, 1.82) is 0 Å². The van der Waals surface area contributed by atoms with Crippen molar-refractivity contribution in [2.45, 2.75) is 32.2 Å². The van der Waals surface area contributed by atoms with E-state index in [1.807, 2.05) is 0 Å². The molecule has 0 saturated carbocycles. The van der Waals surface area contributed by atoms with Crippen molar-refractivity contribution in [1.82, 2.24) is 0 Å². The van der Waals surface area contributed by atoms with Gasteiger partial charge in [-0.2, -0.15) is 0 Å². The van der Waals surface area contributed by atoms with Crippen LogP contribution in [0.4, 0.5) is 11.4 Å². The molecule has 0 aromatic heterocycles. The second-order valence-corrected chi connectivity index (χ2v) is 5.69. The van der Waals surface area contributed by atoms with Crippen molar-refractivity contribution in [2.24, 2.45) is 0 Å². The molecule has 2 aromatic rings. The largest absolute Gasteiger partial charge is 0.378 e. The van der Waals surface area contributed by atoms with Crippen LogP contribution in [0.15, 0.2) is 54.6 Å². The summed E-state index contributed by atoms with van der Waals surface area (Å²) in [7, 11) is 4.15. The van der Waals surface area contributed by atoms with E-state index in [4.69, 9.17) is 0 Å². The van der Waals surface area contributed by atoms with Crippen molar-refractivity contribution in [3.05, 3.63) is 60.2 Å². The molecule has 0 spiro atoms. The van der Waals surface area contributed by atoms with Crippen LogP contribution in [-0.2, 0) is 0 Å². The van der Waals surface area contributed by atoms with Gasteiger partial charge >= 0.3 is 0 Å². The molecule has 2 nitrogen and oxygen atoms in total. The van der Waals surface area contributed by atoms with Crippen LogP contribution in [0.1, 0.15) is 37.8 Å². The highest BCUT2D eigenvalue weighted by Gasteiger charge is 2.10. The van der Waals surface area contributed by atoms with Gasteiger partial charge in [0, 0.05) is 25.5 Å².